The van der Waals surface area contributed by atoms with Gasteiger partial charge in [-0.2, -0.15) is 0 Å². The monoisotopic (exact) mass is 398 g/mol. The lowest BCUT2D eigenvalue weighted by Crippen LogP contribution is -2.41. The van der Waals surface area contributed by atoms with Crippen molar-refractivity contribution in [2.24, 2.45) is 11.8 Å². The quantitative estimate of drug-likeness (QED) is 0.702. The van der Waals surface area contributed by atoms with Gasteiger partial charge < -0.3 is 19.6 Å². The SMILES string of the molecule is CCN(CC)C(=O)C[C@H]1CCNC[C@@H]1Cc1cc(CN(C)c2ccccc2)on1. The minimum absolute atomic E-state index is 0.275. The van der Waals surface area contributed by atoms with Crippen LogP contribution in [-0.4, -0.2) is 49.2 Å². The molecule has 2 heterocycles. The minimum atomic E-state index is 0.275. The molecule has 1 aromatic carbocycles. The first kappa shape index (κ1) is 21.4. The molecule has 0 bridgehead atoms. The van der Waals surface area contributed by atoms with E-state index < -0.39 is 0 Å². The fourth-order valence-corrected chi connectivity index (χ4v) is 4.22. The molecule has 2 atom stereocenters. The molecule has 0 saturated carbocycles. The van der Waals surface area contributed by atoms with Crippen molar-refractivity contribution in [1.29, 1.82) is 0 Å². The summed E-state index contributed by atoms with van der Waals surface area (Å²) < 4.78 is 5.60. The standard InChI is InChI=1S/C23H34N4O2/c1-4-27(5-2)23(28)14-18-11-12-24-16-19(18)13-20-15-22(29-25-20)17-26(3)21-9-7-6-8-10-21/h6-10,15,18-19,24H,4-5,11-14,16-17H2,1-3H3/t18-,19+/m1/s1. The molecule has 6 nitrogen and oxygen atoms in total. The van der Waals surface area contributed by atoms with Crippen molar-refractivity contribution in [3.63, 3.8) is 0 Å². The molecule has 6 heteroatoms. The van der Waals surface area contributed by atoms with Crippen LogP contribution >= 0.6 is 0 Å². The Bertz CT molecular complexity index is 757. The zero-order chi connectivity index (χ0) is 20.6. The van der Waals surface area contributed by atoms with Crippen molar-refractivity contribution in [1.82, 2.24) is 15.4 Å². The van der Waals surface area contributed by atoms with Gasteiger partial charge in [0.1, 0.15) is 0 Å². The average Bonchev–Trinajstić information content (AvgIpc) is 3.18. The number of carbonyl (C=O) groups is 1. The van der Waals surface area contributed by atoms with Crippen molar-refractivity contribution in [3.05, 3.63) is 47.9 Å². The first-order valence-electron chi connectivity index (χ1n) is 10.8. The highest BCUT2D eigenvalue weighted by molar-refractivity contribution is 5.76. The van der Waals surface area contributed by atoms with Crippen LogP contribution in [0.3, 0.4) is 0 Å². The van der Waals surface area contributed by atoms with Crippen LogP contribution in [-0.2, 0) is 17.8 Å². The number of hydrogen-bond acceptors (Lipinski definition) is 5. The maximum Gasteiger partial charge on any atom is 0.222 e. The van der Waals surface area contributed by atoms with Gasteiger partial charge >= 0.3 is 0 Å². The van der Waals surface area contributed by atoms with Crippen LogP contribution in [0.25, 0.3) is 0 Å². The van der Waals surface area contributed by atoms with E-state index in [1.165, 1.54) is 0 Å². The third-order valence-corrected chi connectivity index (χ3v) is 5.99. The molecule has 1 aliphatic heterocycles. The van der Waals surface area contributed by atoms with Crippen LogP contribution < -0.4 is 10.2 Å². The lowest BCUT2D eigenvalue weighted by molar-refractivity contribution is -0.132. The second-order valence-electron chi connectivity index (χ2n) is 7.96. The van der Waals surface area contributed by atoms with Crippen molar-refractivity contribution < 1.29 is 9.32 Å². The van der Waals surface area contributed by atoms with E-state index in [0.717, 1.165) is 56.2 Å². The van der Waals surface area contributed by atoms with E-state index in [4.69, 9.17) is 4.52 Å². The second-order valence-corrected chi connectivity index (χ2v) is 7.96. The van der Waals surface area contributed by atoms with Gasteiger partial charge in [-0.05, 0) is 63.7 Å². The van der Waals surface area contributed by atoms with Crippen LogP contribution in [0, 0.1) is 11.8 Å². The van der Waals surface area contributed by atoms with Crippen molar-refractivity contribution in [3.8, 4) is 0 Å². The van der Waals surface area contributed by atoms with Gasteiger partial charge in [-0.1, -0.05) is 23.4 Å². The van der Waals surface area contributed by atoms with E-state index in [1.807, 2.05) is 36.9 Å². The number of piperidine rings is 1. The Morgan fingerprint density at radius 3 is 2.69 bits per heavy atom. The summed E-state index contributed by atoms with van der Waals surface area (Å²) in [5, 5.41) is 7.80. The molecule has 0 radical (unpaired) electrons. The molecule has 1 saturated heterocycles. The lowest BCUT2D eigenvalue weighted by atomic mass is 9.81. The molecule has 1 aliphatic rings. The third kappa shape index (κ3) is 5.82. The van der Waals surface area contributed by atoms with Crippen LogP contribution in [0.1, 0.15) is 38.1 Å². The Kier molecular flexibility index (Phi) is 7.69. The third-order valence-electron chi connectivity index (χ3n) is 5.99. The molecule has 0 unspecified atom stereocenters. The average molecular weight is 399 g/mol. The summed E-state index contributed by atoms with van der Waals surface area (Å²) in [7, 11) is 2.05. The van der Waals surface area contributed by atoms with Gasteiger partial charge in [0.05, 0.1) is 12.2 Å². The molecule has 2 aromatic rings. The van der Waals surface area contributed by atoms with Crippen molar-refractivity contribution in [2.45, 2.75) is 39.7 Å². The molecular weight excluding hydrogens is 364 g/mol. The van der Waals surface area contributed by atoms with E-state index in [2.05, 4.69) is 40.6 Å². The minimum Gasteiger partial charge on any atom is -0.367 e. The predicted molar refractivity (Wildman–Crippen MR) is 116 cm³/mol. The maximum atomic E-state index is 12.6. The second kappa shape index (κ2) is 10.4. The Morgan fingerprint density at radius 1 is 1.21 bits per heavy atom. The number of para-hydroxylation sites is 1. The summed E-state index contributed by atoms with van der Waals surface area (Å²) >= 11 is 0. The molecule has 1 N–H and O–H groups in total. The Labute approximate surface area is 174 Å². The number of hydrogen-bond donors (Lipinski definition) is 1. The summed E-state index contributed by atoms with van der Waals surface area (Å²) in [6.07, 6.45) is 2.52. The molecule has 29 heavy (non-hydrogen) atoms. The van der Waals surface area contributed by atoms with E-state index in [1.54, 1.807) is 0 Å². The topological polar surface area (TPSA) is 61.6 Å². The zero-order valence-corrected chi connectivity index (χ0v) is 17.9. The summed E-state index contributed by atoms with van der Waals surface area (Å²) in [4.78, 5) is 16.7. The Hall–Kier alpha value is -2.34. The highest BCUT2D eigenvalue weighted by Crippen LogP contribution is 2.27. The maximum absolute atomic E-state index is 12.6. The van der Waals surface area contributed by atoms with Crippen LogP contribution in [0.2, 0.25) is 0 Å². The molecule has 1 fully saturated rings. The summed E-state index contributed by atoms with van der Waals surface area (Å²) in [6.45, 7) is 8.26. The number of nitrogens with one attached hydrogen (secondary N) is 1. The zero-order valence-electron chi connectivity index (χ0n) is 17.9. The number of aromatic nitrogens is 1. The number of amides is 1. The van der Waals surface area contributed by atoms with Gasteiger partial charge in [-0.3, -0.25) is 4.79 Å². The van der Waals surface area contributed by atoms with Gasteiger partial charge in [0.15, 0.2) is 5.76 Å². The number of nitrogens with zero attached hydrogens (tertiary/aromatic N) is 3. The lowest BCUT2D eigenvalue weighted by Gasteiger charge is -2.32. The van der Waals surface area contributed by atoms with E-state index in [9.17, 15) is 4.79 Å². The number of rotatable bonds is 9. The van der Waals surface area contributed by atoms with Gasteiger partial charge in [0.25, 0.3) is 0 Å². The highest BCUT2D eigenvalue weighted by Gasteiger charge is 2.29. The van der Waals surface area contributed by atoms with Crippen LogP contribution in [0.4, 0.5) is 5.69 Å². The molecule has 3 rings (SSSR count). The summed E-state index contributed by atoms with van der Waals surface area (Å²) in [5.41, 5.74) is 2.13. The number of benzene rings is 1. The predicted octanol–water partition coefficient (Wildman–Crippen LogP) is 3.34. The summed E-state index contributed by atoms with van der Waals surface area (Å²) in [5.74, 6) is 1.95. The van der Waals surface area contributed by atoms with E-state index in [-0.39, 0.29) is 5.91 Å². The van der Waals surface area contributed by atoms with Gasteiger partial charge in [0, 0.05) is 38.3 Å². The van der Waals surface area contributed by atoms with Crippen LogP contribution in [0.5, 0.6) is 0 Å². The van der Waals surface area contributed by atoms with Gasteiger partial charge in [-0.15, -0.1) is 0 Å². The fourth-order valence-electron chi connectivity index (χ4n) is 4.22. The molecule has 0 aliphatic carbocycles. The van der Waals surface area contributed by atoms with E-state index in [0.29, 0.717) is 24.8 Å². The van der Waals surface area contributed by atoms with Crippen molar-refractivity contribution >= 4 is 11.6 Å². The van der Waals surface area contributed by atoms with Gasteiger partial charge in [-0.25, -0.2) is 0 Å². The van der Waals surface area contributed by atoms with E-state index >= 15 is 0 Å². The first-order chi connectivity index (χ1) is 14.1. The molecule has 0 spiro atoms. The summed E-state index contributed by atoms with van der Waals surface area (Å²) in [6, 6.07) is 12.3. The Morgan fingerprint density at radius 2 is 1.97 bits per heavy atom. The van der Waals surface area contributed by atoms with Crippen LogP contribution in [0.15, 0.2) is 40.9 Å². The fraction of sp³-hybridized carbons (Fsp3) is 0.565. The Balaban J connectivity index is 1.59. The number of carbonyl (C=O) groups excluding carboxylic acids is 1. The molecule has 158 valence electrons. The largest absolute Gasteiger partial charge is 0.367 e. The highest BCUT2D eigenvalue weighted by atomic mass is 16.5. The van der Waals surface area contributed by atoms with Crippen molar-refractivity contribution in [2.75, 3.05) is 38.1 Å². The number of anilines is 1. The molecule has 1 aromatic heterocycles. The first-order valence-corrected chi connectivity index (χ1v) is 10.8. The normalized spacial score (nSPS) is 19.1. The molecular formula is C23H34N4O2. The smallest absolute Gasteiger partial charge is 0.222 e. The van der Waals surface area contributed by atoms with Gasteiger partial charge in [0.2, 0.25) is 5.91 Å². The molecule has 1 amide bonds.